The van der Waals surface area contributed by atoms with Crippen LogP contribution in [0.5, 0.6) is 0 Å². The lowest BCUT2D eigenvalue weighted by Gasteiger charge is -2.40. The SMILES string of the molecule is CCN(C)c1cnn(CC2(CBr)CCC2)c(=O)c1. The Kier molecular flexibility index (Phi) is 4.10. The van der Waals surface area contributed by atoms with Gasteiger partial charge in [0.05, 0.1) is 18.4 Å². The second kappa shape index (κ2) is 5.43. The lowest BCUT2D eigenvalue weighted by atomic mass is 9.70. The van der Waals surface area contributed by atoms with Crippen LogP contribution in [0.15, 0.2) is 17.1 Å². The molecule has 0 bridgehead atoms. The summed E-state index contributed by atoms with van der Waals surface area (Å²) in [6, 6.07) is 1.68. The molecule has 1 aromatic rings. The molecule has 1 fully saturated rings. The highest BCUT2D eigenvalue weighted by atomic mass is 79.9. The van der Waals surface area contributed by atoms with Gasteiger partial charge in [-0.15, -0.1) is 0 Å². The van der Waals surface area contributed by atoms with E-state index in [1.165, 1.54) is 19.3 Å². The third kappa shape index (κ3) is 2.60. The van der Waals surface area contributed by atoms with Gasteiger partial charge in [0.1, 0.15) is 0 Å². The number of halogens is 1. The quantitative estimate of drug-likeness (QED) is 0.783. The van der Waals surface area contributed by atoms with E-state index in [2.05, 4.69) is 28.0 Å². The van der Waals surface area contributed by atoms with Crippen molar-refractivity contribution < 1.29 is 0 Å². The van der Waals surface area contributed by atoms with Crippen molar-refractivity contribution in [1.29, 1.82) is 0 Å². The molecule has 5 heteroatoms. The average molecular weight is 314 g/mol. The maximum atomic E-state index is 12.1. The molecule has 0 aromatic carbocycles. The van der Waals surface area contributed by atoms with Crippen LogP contribution in [0.4, 0.5) is 5.69 Å². The van der Waals surface area contributed by atoms with E-state index >= 15 is 0 Å². The Bertz CT molecular complexity index is 462. The van der Waals surface area contributed by atoms with Gasteiger partial charge in [-0.2, -0.15) is 5.10 Å². The van der Waals surface area contributed by atoms with E-state index in [0.717, 1.165) is 24.1 Å². The molecular formula is C13H20BrN3O. The molecule has 1 heterocycles. The third-order valence-corrected chi connectivity index (χ3v) is 5.14. The van der Waals surface area contributed by atoms with Crippen LogP contribution < -0.4 is 10.5 Å². The van der Waals surface area contributed by atoms with Crippen molar-refractivity contribution in [3.05, 3.63) is 22.6 Å². The van der Waals surface area contributed by atoms with Gasteiger partial charge < -0.3 is 4.90 Å². The second-order valence-corrected chi connectivity index (χ2v) is 5.77. The summed E-state index contributed by atoms with van der Waals surface area (Å²) in [5.41, 5.74) is 1.13. The van der Waals surface area contributed by atoms with E-state index in [1.54, 1.807) is 16.9 Å². The maximum Gasteiger partial charge on any atom is 0.268 e. The standard InChI is InChI=1S/C13H20BrN3O/c1-3-16(2)11-7-12(18)17(15-8-11)10-13(9-14)5-4-6-13/h7-8H,3-6,9-10H2,1-2H3. The number of nitrogens with zero attached hydrogens (tertiary/aromatic N) is 3. The van der Waals surface area contributed by atoms with E-state index in [0.29, 0.717) is 0 Å². The zero-order valence-corrected chi connectivity index (χ0v) is 12.6. The molecule has 1 aliphatic carbocycles. The van der Waals surface area contributed by atoms with Crippen LogP contribution in [-0.2, 0) is 6.54 Å². The Balaban J connectivity index is 2.17. The first-order valence-corrected chi connectivity index (χ1v) is 7.57. The van der Waals surface area contributed by atoms with Crippen LogP contribution in [-0.4, -0.2) is 28.7 Å². The van der Waals surface area contributed by atoms with Crippen molar-refractivity contribution in [3.8, 4) is 0 Å². The maximum absolute atomic E-state index is 12.1. The molecule has 0 amide bonds. The molecule has 0 aliphatic heterocycles. The predicted molar refractivity (Wildman–Crippen MR) is 77.5 cm³/mol. The normalized spacial score (nSPS) is 17.3. The Hall–Kier alpha value is -0.840. The van der Waals surface area contributed by atoms with E-state index < -0.39 is 0 Å². The third-order valence-electron chi connectivity index (χ3n) is 3.95. The van der Waals surface area contributed by atoms with Crippen LogP contribution in [0.1, 0.15) is 26.2 Å². The highest BCUT2D eigenvalue weighted by Gasteiger charge is 2.36. The molecule has 2 rings (SSSR count). The summed E-state index contributed by atoms with van der Waals surface area (Å²) in [5, 5.41) is 5.25. The first kappa shape index (κ1) is 13.6. The van der Waals surface area contributed by atoms with Crippen molar-refractivity contribution in [3.63, 3.8) is 0 Å². The van der Waals surface area contributed by atoms with Gasteiger partial charge in [0.2, 0.25) is 0 Å². The molecule has 0 N–H and O–H groups in total. The lowest BCUT2D eigenvalue weighted by Crippen LogP contribution is -2.40. The summed E-state index contributed by atoms with van der Waals surface area (Å²) in [5.74, 6) is 0. The van der Waals surface area contributed by atoms with Crippen LogP contribution in [0.3, 0.4) is 0 Å². The van der Waals surface area contributed by atoms with Crippen LogP contribution in [0.2, 0.25) is 0 Å². The highest BCUT2D eigenvalue weighted by molar-refractivity contribution is 9.09. The summed E-state index contributed by atoms with van der Waals surface area (Å²) in [6.45, 7) is 3.66. The number of hydrogen-bond donors (Lipinski definition) is 0. The minimum absolute atomic E-state index is 0.0000231. The van der Waals surface area contributed by atoms with Crippen molar-refractivity contribution in [2.24, 2.45) is 5.41 Å². The monoisotopic (exact) mass is 313 g/mol. The van der Waals surface area contributed by atoms with E-state index in [-0.39, 0.29) is 11.0 Å². The van der Waals surface area contributed by atoms with Crippen molar-refractivity contribution in [2.75, 3.05) is 23.8 Å². The number of hydrogen-bond acceptors (Lipinski definition) is 3. The summed E-state index contributed by atoms with van der Waals surface area (Å²) >= 11 is 3.56. The van der Waals surface area contributed by atoms with Crippen LogP contribution >= 0.6 is 15.9 Å². The largest absolute Gasteiger partial charge is 0.373 e. The Morgan fingerprint density at radius 3 is 2.72 bits per heavy atom. The Morgan fingerprint density at radius 2 is 2.28 bits per heavy atom. The number of rotatable bonds is 5. The Labute approximate surface area is 116 Å². The molecule has 0 unspecified atom stereocenters. The van der Waals surface area contributed by atoms with Gasteiger partial charge in [0.15, 0.2) is 0 Å². The van der Waals surface area contributed by atoms with Gasteiger partial charge in [-0.1, -0.05) is 22.4 Å². The van der Waals surface area contributed by atoms with Crippen LogP contribution in [0.25, 0.3) is 0 Å². The first-order valence-electron chi connectivity index (χ1n) is 6.44. The average Bonchev–Trinajstić information content (AvgIpc) is 2.34. The van der Waals surface area contributed by atoms with Crippen molar-refractivity contribution in [2.45, 2.75) is 32.7 Å². The Morgan fingerprint density at radius 1 is 1.56 bits per heavy atom. The van der Waals surface area contributed by atoms with Crippen LogP contribution in [0, 0.1) is 5.41 Å². The van der Waals surface area contributed by atoms with Gasteiger partial charge in [-0.3, -0.25) is 4.79 Å². The molecule has 0 radical (unpaired) electrons. The number of aromatic nitrogens is 2. The van der Waals surface area contributed by atoms with Crippen molar-refractivity contribution >= 4 is 21.6 Å². The van der Waals surface area contributed by atoms with Gasteiger partial charge in [0.25, 0.3) is 5.56 Å². The smallest absolute Gasteiger partial charge is 0.268 e. The molecular weight excluding hydrogens is 294 g/mol. The van der Waals surface area contributed by atoms with Crippen molar-refractivity contribution in [1.82, 2.24) is 9.78 Å². The summed E-state index contributed by atoms with van der Waals surface area (Å²) in [6.07, 6.45) is 5.41. The molecule has 0 spiro atoms. The zero-order chi connectivity index (χ0) is 13.2. The minimum Gasteiger partial charge on any atom is -0.373 e. The fourth-order valence-electron chi connectivity index (χ4n) is 2.26. The zero-order valence-electron chi connectivity index (χ0n) is 11.0. The van der Waals surface area contributed by atoms with E-state index in [9.17, 15) is 4.79 Å². The minimum atomic E-state index is 0.0000231. The first-order chi connectivity index (χ1) is 8.60. The van der Waals surface area contributed by atoms with E-state index in [1.807, 2.05) is 11.9 Å². The summed E-state index contributed by atoms with van der Waals surface area (Å²) in [7, 11) is 1.96. The molecule has 1 saturated carbocycles. The molecule has 0 atom stereocenters. The molecule has 4 nitrogen and oxygen atoms in total. The molecule has 18 heavy (non-hydrogen) atoms. The molecule has 1 aromatic heterocycles. The molecule has 1 aliphatic rings. The summed E-state index contributed by atoms with van der Waals surface area (Å²) < 4.78 is 1.60. The fraction of sp³-hybridized carbons (Fsp3) is 0.692. The topological polar surface area (TPSA) is 38.1 Å². The van der Waals surface area contributed by atoms with Gasteiger partial charge in [-0.05, 0) is 25.2 Å². The highest BCUT2D eigenvalue weighted by Crippen LogP contribution is 2.43. The number of anilines is 1. The lowest BCUT2D eigenvalue weighted by molar-refractivity contribution is 0.131. The second-order valence-electron chi connectivity index (χ2n) is 5.21. The van der Waals surface area contributed by atoms with E-state index in [4.69, 9.17) is 0 Å². The number of alkyl halides is 1. The molecule has 0 saturated heterocycles. The van der Waals surface area contributed by atoms with Gasteiger partial charge in [0, 0.05) is 25.0 Å². The van der Waals surface area contributed by atoms with Gasteiger partial charge in [-0.25, -0.2) is 4.68 Å². The molecule has 100 valence electrons. The fourth-order valence-corrected chi connectivity index (χ4v) is 3.00. The predicted octanol–water partition coefficient (Wildman–Crippen LogP) is 2.26. The van der Waals surface area contributed by atoms with Gasteiger partial charge >= 0.3 is 0 Å². The summed E-state index contributed by atoms with van der Waals surface area (Å²) in [4.78, 5) is 14.1.